The lowest BCUT2D eigenvalue weighted by molar-refractivity contribution is -0.134. The Balaban J connectivity index is 0.00000420. The van der Waals surface area contributed by atoms with Crippen LogP contribution in [0.1, 0.15) is 52.0 Å². The predicted octanol–water partition coefficient (Wildman–Crippen LogP) is 3.89. The normalized spacial score (nSPS) is 16.8. The minimum absolute atomic E-state index is 0. The quantitative estimate of drug-likeness (QED) is 0.324. The lowest BCUT2D eigenvalue weighted by Crippen LogP contribution is -2.42. The van der Waals surface area contributed by atoms with Crippen molar-refractivity contribution in [3.8, 4) is 5.75 Å². The minimum Gasteiger partial charge on any atom is -0.494 e. The summed E-state index contributed by atoms with van der Waals surface area (Å²) in [7, 11) is 2.02. The van der Waals surface area contributed by atoms with Crippen molar-refractivity contribution in [2.24, 2.45) is 4.99 Å². The lowest BCUT2D eigenvalue weighted by atomic mass is 10.0. The van der Waals surface area contributed by atoms with Gasteiger partial charge in [-0.3, -0.25) is 9.79 Å². The Hall–Kier alpha value is -1.51. The molecule has 1 aliphatic rings. The van der Waals surface area contributed by atoms with Crippen LogP contribution in [0.3, 0.4) is 0 Å². The molecule has 1 atom stereocenters. The Labute approximate surface area is 193 Å². The monoisotopic (exact) mass is 516 g/mol. The summed E-state index contributed by atoms with van der Waals surface area (Å²) in [5.74, 6) is 1.94. The Kier molecular flexibility index (Phi) is 12.0. The number of hydrogen-bond acceptors (Lipinski definition) is 3. The van der Waals surface area contributed by atoms with Gasteiger partial charge in [-0.15, -0.1) is 24.0 Å². The van der Waals surface area contributed by atoms with Crippen LogP contribution in [0.15, 0.2) is 29.3 Å². The number of carbonyl (C=O) groups excluding carboxylic acids is 1. The molecule has 0 bridgehead atoms. The number of likely N-dealkylation sites (tertiary alicyclic amines) is 1. The molecule has 0 aromatic heterocycles. The van der Waals surface area contributed by atoms with Crippen molar-refractivity contribution in [2.45, 2.75) is 59.0 Å². The summed E-state index contributed by atoms with van der Waals surface area (Å²) in [6, 6.07) is 8.50. The maximum Gasteiger partial charge on any atom is 0.224 e. The Bertz CT molecular complexity index is 636. The van der Waals surface area contributed by atoms with Crippen LogP contribution in [-0.4, -0.2) is 61.0 Å². The summed E-state index contributed by atoms with van der Waals surface area (Å²) in [6.07, 6.45) is 3.93. The number of amides is 1. The van der Waals surface area contributed by atoms with Crippen LogP contribution in [0.4, 0.5) is 0 Å². The van der Waals surface area contributed by atoms with Gasteiger partial charge in [0.2, 0.25) is 5.91 Å². The van der Waals surface area contributed by atoms with Crippen LogP contribution in [0.2, 0.25) is 0 Å². The van der Waals surface area contributed by atoms with Gasteiger partial charge >= 0.3 is 0 Å². The van der Waals surface area contributed by atoms with Crippen molar-refractivity contribution in [1.29, 1.82) is 0 Å². The number of ether oxygens (including phenoxy) is 1. The first kappa shape index (κ1) is 25.5. The van der Waals surface area contributed by atoms with Gasteiger partial charge in [-0.05, 0) is 57.7 Å². The van der Waals surface area contributed by atoms with Gasteiger partial charge < -0.3 is 19.9 Å². The molecule has 1 unspecified atom stereocenters. The van der Waals surface area contributed by atoms with Crippen molar-refractivity contribution in [3.63, 3.8) is 0 Å². The predicted molar refractivity (Wildman–Crippen MR) is 130 cm³/mol. The molecule has 1 heterocycles. The van der Waals surface area contributed by atoms with E-state index in [1.807, 2.05) is 31.0 Å². The minimum atomic E-state index is 0. The largest absolute Gasteiger partial charge is 0.494 e. The van der Waals surface area contributed by atoms with Gasteiger partial charge in [0.05, 0.1) is 13.2 Å². The van der Waals surface area contributed by atoms with E-state index in [0.717, 1.165) is 44.2 Å². The maximum absolute atomic E-state index is 12.5. The van der Waals surface area contributed by atoms with Gasteiger partial charge in [-0.1, -0.05) is 12.1 Å². The fourth-order valence-corrected chi connectivity index (χ4v) is 3.55. The molecular weight excluding hydrogens is 479 g/mol. The third kappa shape index (κ3) is 8.40. The summed E-state index contributed by atoms with van der Waals surface area (Å²) in [4.78, 5) is 21.3. The number of piperidine rings is 1. The molecule has 0 saturated carbocycles. The number of benzene rings is 1. The molecule has 29 heavy (non-hydrogen) atoms. The molecule has 0 spiro atoms. The van der Waals surface area contributed by atoms with Crippen LogP contribution in [0.5, 0.6) is 5.75 Å². The molecule has 1 amide bonds. The van der Waals surface area contributed by atoms with E-state index in [-0.39, 0.29) is 29.9 Å². The second-order valence-corrected chi connectivity index (χ2v) is 7.35. The number of rotatable bonds is 8. The van der Waals surface area contributed by atoms with E-state index in [4.69, 9.17) is 4.74 Å². The van der Waals surface area contributed by atoms with E-state index in [1.54, 1.807) is 0 Å². The highest BCUT2D eigenvalue weighted by Crippen LogP contribution is 2.17. The number of hydrogen-bond donors (Lipinski definition) is 1. The van der Waals surface area contributed by atoms with Crippen LogP contribution < -0.4 is 10.1 Å². The standard InChI is InChI=1S/C22H36N4O2.HI/c1-5-23-22(24-15-14-21(27)26-16-8-7-9-18(26)3)25(4)17-19-10-12-20(13-11-19)28-6-2;/h10-13,18H,5-9,14-17H2,1-4H3,(H,23,24);1H. The van der Waals surface area contributed by atoms with Gasteiger partial charge in [-0.25, -0.2) is 0 Å². The highest BCUT2D eigenvalue weighted by molar-refractivity contribution is 14.0. The molecule has 164 valence electrons. The molecular formula is C22H37IN4O2. The zero-order valence-corrected chi connectivity index (χ0v) is 20.6. The molecule has 1 aromatic carbocycles. The number of carbonyl (C=O) groups is 1. The zero-order chi connectivity index (χ0) is 20.4. The van der Waals surface area contributed by atoms with Gasteiger partial charge in [0.1, 0.15) is 5.75 Å². The molecule has 1 aliphatic heterocycles. The Morgan fingerprint density at radius 1 is 1.28 bits per heavy atom. The first-order valence-corrected chi connectivity index (χ1v) is 10.6. The summed E-state index contributed by atoms with van der Waals surface area (Å²) in [5, 5.41) is 3.32. The van der Waals surface area contributed by atoms with Gasteiger partial charge in [0.15, 0.2) is 5.96 Å². The number of nitrogens with zero attached hydrogens (tertiary/aromatic N) is 3. The van der Waals surface area contributed by atoms with Crippen LogP contribution in [0.25, 0.3) is 0 Å². The van der Waals surface area contributed by atoms with E-state index in [1.165, 1.54) is 12.0 Å². The molecule has 1 fully saturated rings. The second kappa shape index (κ2) is 13.7. The van der Waals surface area contributed by atoms with Crippen LogP contribution in [0, 0.1) is 0 Å². The van der Waals surface area contributed by atoms with Crippen molar-refractivity contribution in [1.82, 2.24) is 15.1 Å². The molecule has 1 aromatic rings. The summed E-state index contributed by atoms with van der Waals surface area (Å²) >= 11 is 0. The maximum atomic E-state index is 12.5. The van der Waals surface area contributed by atoms with E-state index in [2.05, 4.69) is 41.2 Å². The highest BCUT2D eigenvalue weighted by Gasteiger charge is 2.22. The first-order valence-electron chi connectivity index (χ1n) is 10.6. The molecule has 1 N–H and O–H groups in total. The summed E-state index contributed by atoms with van der Waals surface area (Å²) < 4.78 is 5.50. The average molecular weight is 516 g/mol. The van der Waals surface area contributed by atoms with E-state index >= 15 is 0 Å². The van der Waals surface area contributed by atoms with Crippen molar-refractivity contribution >= 4 is 35.8 Å². The smallest absolute Gasteiger partial charge is 0.224 e. The van der Waals surface area contributed by atoms with Crippen LogP contribution in [-0.2, 0) is 11.3 Å². The van der Waals surface area contributed by atoms with Crippen molar-refractivity contribution in [2.75, 3.05) is 33.3 Å². The number of guanidine groups is 1. The Morgan fingerprint density at radius 3 is 2.62 bits per heavy atom. The molecule has 1 saturated heterocycles. The number of nitrogens with one attached hydrogen (secondary N) is 1. The summed E-state index contributed by atoms with van der Waals surface area (Å²) in [6.45, 7) is 9.80. The topological polar surface area (TPSA) is 57.2 Å². The zero-order valence-electron chi connectivity index (χ0n) is 18.3. The molecule has 6 nitrogen and oxygen atoms in total. The third-order valence-corrected chi connectivity index (χ3v) is 5.06. The lowest BCUT2D eigenvalue weighted by Gasteiger charge is -2.33. The number of halogens is 1. The molecule has 0 aliphatic carbocycles. The van der Waals surface area contributed by atoms with Crippen molar-refractivity contribution < 1.29 is 9.53 Å². The number of aliphatic imine (C=N–C) groups is 1. The fourth-order valence-electron chi connectivity index (χ4n) is 3.55. The second-order valence-electron chi connectivity index (χ2n) is 7.35. The third-order valence-electron chi connectivity index (χ3n) is 5.06. The van der Waals surface area contributed by atoms with Crippen LogP contribution >= 0.6 is 24.0 Å². The van der Waals surface area contributed by atoms with Crippen molar-refractivity contribution in [3.05, 3.63) is 29.8 Å². The first-order chi connectivity index (χ1) is 13.5. The fraction of sp³-hybridized carbons (Fsp3) is 0.636. The highest BCUT2D eigenvalue weighted by atomic mass is 127. The van der Waals surface area contributed by atoms with E-state index in [9.17, 15) is 4.79 Å². The van der Waals surface area contributed by atoms with Gasteiger partial charge in [-0.2, -0.15) is 0 Å². The van der Waals surface area contributed by atoms with Gasteiger partial charge in [0, 0.05) is 39.1 Å². The summed E-state index contributed by atoms with van der Waals surface area (Å²) in [5.41, 5.74) is 1.19. The SMILES string of the molecule is CCNC(=NCCC(=O)N1CCCCC1C)N(C)Cc1ccc(OCC)cc1.I. The average Bonchev–Trinajstić information content (AvgIpc) is 2.69. The Morgan fingerprint density at radius 2 is 2.00 bits per heavy atom. The molecule has 7 heteroatoms. The molecule has 0 radical (unpaired) electrons. The van der Waals surface area contributed by atoms with E-state index < -0.39 is 0 Å². The van der Waals surface area contributed by atoms with E-state index in [0.29, 0.717) is 25.6 Å². The molecule has 2 rings (SSSR count). The van der Waals surface area contributed by atoms with Gasteiger partial charge in [0.25, 0.3) is 0 Å².